The molecule has 0 unspecified atom stereocenters. The molecule has 0 fully saturated rings. The van der Waals surface area contributed by atoms with Crippen LogP contribution in [0.2, 0.25) is 0 Å². The van der Waals surface area contributed by atoms with Crippen LogP contribution in [0.1, 0.15) is 26.5 Å². The van der Waals surface area contributed by atoms with Crippen molar-refractivity contribution in [3.05, 3.63) is 88.3 Å². The van der Waals surface area contributed by atoms with E-state index in [1.54, 1.807) is 36.4 Å². The maximum atomic E-state index is 12.3. The topological polar surface area (TPSA) is 71.3 Å². The van der Waals surface area contributed by atoms with E-state index in [1.807, 2.05) is 24.3 Å². The molecule has 132 valence electrons. The Morgan fingerprint density at radius 1 is 0.962 bits per heavy atom. The summed E-state index contributed by atoms with van der Waals surface area (Å²) in [6.45, 7) is 0.518. The molecular weight excluding hydrogens is 396 g/mol. The molecule has 5 nitrogen and oxygen atoms in total. The first kappa shape index (κ1) is 17.9. The van der Waals surface area contributed by atoms with E-state index in [2.05, 4.69) is 26.6 Å². The highest BCUT2D eigenvalue weighted by atomic mass is 79.9. The van der Waals surface area contributed by atoms with E-state index in [0.29, 0.717) is 17.8 Å². The van der Waals surface area contributed by atoms with Crippen molar-refractivity contribution < 1.29 is 14.0 Å². The molecule has 2 aromatic carbocycles. The highest BCUT2D eigenvalue weighted by molar-refractivity contribution is 9.10. The van der Waals surface area contributed by atoms with Crippen LogP contribution < -0.4 is 10.6 Å². The molecule has 1 heterocycles. The van der Waals surface area contributed by atoms with Gasteiger partial charge in [-0.05, 0) is 48.4 Å². The lowest BCUT2D eigenvalue weighted by Crippen LogP contribution is -2.25. The van der Waals surface area contributed by atoms with Crippen molar-refractivity contribution in [1.82, 2.24) is 5.32 Å². The molecule has 0 aliphatic heterocycles. The molecule has 26 heavy (non-hydrogen) atoms. The minimum Gasteiger partial charge on any atom is -0.459 e. The minimum absolute atomic E-state index is 0.189. The SMILES string of the molecule is O=C(NCCc1ccccc1Br)c1cccc(NC(=O)c2ccco2)c1. The van der Waals surface area contributed by atoms with Gasteiger partial charge in [0.2, 0.25) is 0 Å². The summed E-state index contributed by atoms with van der Waals surface area (Å²) in [7, 11) is 0. The fourth-order valence-electron chi connectivity index (χ4n) is 2.45. The quantitative estimate of drug-likeness (QED) is 0.634. The van der Waals surface area contributed by atoms with Crippen LogP contribution in [0.5, 0.6) is 0 Å². The zero-order valence-electron chi connectivity index (χ0n) is 13.9. The van der Waals surface area contributed by atoms with Gasteiger partial charge in [0.15, 0.2) is 5.76 Å². The number of halogens is 1. The maximum Gasteiger partial charge on any atom is 0.291 e. The molecule has 0 bridgehead atoms. The lowest BCUT2D eigenvalue weighted by molar-refractivity contribution is 0.0952. The molecule has 3 aromatic rings. The molecule has 2 amide bonds. The number of carbonyl (C=O) groups excluding carboxylic acids is 2. The largest absolute Gasteiger partial charge is 0.459 e. The van der Waals surface area contributed by atoms with Crippen molar-refractivity contribution in [1.29, 1.82) is 0 Å². The first-order valence-corrected chi connectivity index (χ1v) is 8.89. The van der Waals surface area contributed by atoms with Crippen LogP contribution >= 0.6 is 15.9 Å². The summed E-state index contributed by atoms with van der Waals surface area (Å²) < 4.78 is 6.08. The highest BCUT2D eigenvalue weighted by Gasteiger charge is 2.11. The predicted molar refractivity (Wildman–Crippen MR) is 103 cm³/mol. The number of carbonyl (C=O) groups is 2. The number of benzene rings is 2. The van der Waals surface area contributed by atoms with E-state index >= 15 is 0 Å². The first-order valence-electron chi connectivity index (χ1n) is 8.10. The summed E-state index contributed by atoms with van der Waals surface area (Å²) in [5.74, 6) is -0.332. The molecular formula is C20H17BrN2O3. The van der Waals surface area contributed by atoms with E-state index in [4.69, 9.17) is 4.42 Å². The van der Waals surface area contributed by atoms with Crippen LogP contribution in [-0.2, 0) is 6.42 Å². The number of nitrogens with one attached hydrogen (secondary N) is 2. The molecule has 6 heteroatoms. The monoisotopic (exact) mass is 412 g/mol. The second kappa shape index (κ2) is 8.49. The summed E-state index contributed by atoms with van der Waals surface area (Å²) >= 11 is 3.50. The number of amides is 2. The average molecular weight is 413 g/mol. The zero-order chi connectivity index (χ0) is 18.4. The van der Waals surface area contributed by atoms with Crippen LogP contribution in [-0.4, -0.2) is 18.4 Å². The Morgan fingerprint density at radius 2 is 1.81 bits per heavy atom. The van der Waals surface area contributed by atoms with Crippen LogP contribution in [0.25, 0.3) is 0 Å². The standard InChI is InChI=1S/C20H17BrN2O3/c21-17-8-2-1-5-14(17)10-11-22-19(24)15-6-3-7-16(13-15)23-20(25)18-9-4-12-26-18/h1-9,12-13H,10-11H2,(H,22,24)(H,23,25). The summed E-state index contributed by atoms with van der Waals surface area (Å²) in [6.07, 6.45) is 2.16. The van der Waals surface area contributed by atoms with E-state index in [9.17, 15) is 9.59 Å². The van der Waals surface area contributed by atoms with Crippen molar-refractivity contribution in [2.75, 3.05) is 11.9 Å². The minimum atomic E-state index is -0.360. The Kier molecular flexibility index (Phi) is 5.86. The fraction of sp³-hybridized carbons (Fsp3) is 0.100. The molecule has 3 rings (SSSR count). The lowest BCUT2D eigenvalue weighted by atomic mass is 10.1. The number of hydrogen-bond acceptors (Lipinski definition) is 3. The lowest BCUT2D eigenvalue weighted by Gasteiger charge is -2.08. The molecule has 1 aromatic heterocycles. The van der Waals surface area contributed by atoms with Crippen molar-refractivity contribution in [2.45, 2.75) is 6.42 Å². The van der Waals surface area contributed by atoms with Gasteiger partial charge in [-0.3, -0.25) is 9.59 Å². The van der Waals surface area contributed by atoms with Crippen LogP contribution in [0.15, 0.2) is 75.8 Å². The summed E-state index contributed by atoms with van der Waals surface area (Å²) in [6, 6.07) is 17.9. The number of furan rings is 1. The Morgan fingerprint density at radius 3 is 2.58 bits per heavy atom. The highest BCUT2D eigenvalue weighted by Crippen LogP contribution is 2.16. The Balaban J connectivity index is 1.58. The van der Waals surface area contributed by atoms with Crippen molar-refractivity contribution in [3.8, 4) is 0 Å². The molecule has 0 radical (unpaired) electrons. The Bertz CT molecular complexity index is 907. The number of anilines is 1. The predicted octanol–water partition coefficient (Wildman–Crippen LogP) is 4.27. The molecule has 0 saturated carbocycles. The third kappa shape index (κ3) is 4.61. The smallest absolute Gasteiger partial charge is 0.291 e. The van der Waals surface area contributed by atoms with E-state index in [0.717, 1.165) is 16.5 Å². The van der Waals surface area contributed by atoms with Gasteiger partial charge < -0.3 is 15.1 Å². The second-order valence-corrected chi connectivity index (χ2v) is 6.46. The van der Waals surface area contributed by atoms with Gasteiger partial charge in [-0.15, -0.1) is 0 Å². The normalized spacial score (nSPS) is 10.3. The van der Waals surface area contributed by atoms with Crippen LogP contribution in [0.3, 0.4) is 0 Å². The Labute approximate surface area is 159 Å². The van der Waals surface area contributed by atoms with Crippen molar-refractivity contribution >= 4 is 33.4 Å². The zero-order valence-corrected chi connectivity index (χ0v) is 15.5. The van der Waals surface area contributed by atoms with Crippen molar-refractivity contribution in [3.63, 3.8) is 0 Å². The van der Waals surface area contributed by atoms with Gasteiger partial charge in [-0.2, -0.15) is 0 Å². The molecule has 0 aliphatic rings. The molecule has 0 atom stereocenters. The fourth-order valence-corrected chi connectivity index (χ4v) is 2.94. The van der Waals surface area contributed by atoms with Crippen LogP contribution in [0, 0.1) is 0 Å². The molecule has 2 N–H and O–H groups in total. The average Bonchev–Trinajstić information content (AvgIpc) is 3.18. The maximum absolute atomic E-state index is 12.3. The van der Waals surface area contributed by atoms with Crippen LogP contribution in [0.4, 0.5) is 5.69 Å². The van der Waals surface area contributed by atoms with Crippen molar-refractivity contribution in [2.24, 2.45) is 0 Å². The third-order valence-corrected chi connectivity index (χ3v) is 4.54. The van der Waals surface area contributed by atoms with Gasteiger partial charge in [0, 0.05) is 22.3 Å². The van der Waals surface area contributed by atoms with Gasteiger partial charge >= 0.3 is 0 Å². The number of hydrogen-bond donors (Lipinski definition) is 2. The number of rotatable bonds is 6. The van der Waals surface area contributed by atoms with Gasteiger partial charge in [-0.25, -0.2) is 0 Å². The van der Waals surface area contributed by atoms with Gasteiger partial charge in [0.25, 0.3) is 11.8 Å². The summed E-state index contributed by atoms with van der Waals surface area (Å²) in [5.41, 5.74) is 2.14. The summed E-state index contributed by atoms with van der Waals surface area (Å²) in [5, 5.41) is 5.60. The molecule has 0 saturated heterocycles. The van der Waals surface area contributed by atoms with E-state index < -0.39 is 0 Å². The molecule has 0 aliphatic carbocycles. The van der Waals surface area contributed by atoms with E-state index in [-0.39, 0.29) is 17.6 Å². The van der Waals surface area contributed by atoms with Gasteiger partial charge in [0.05, 0.1) is 6.26 Å². The first-order chi connectivity index (χ1) is 12.6. The molecule has 0 spiro atoms. The second-order valence-electron chi connectivity index (χ2n) is 5.61. The third-order valence-electron chi connectivity index (χ3n) is 3.77. The summed E-state index contributed by atoms with van der Waals surface area (Å²) in [4.78, 5) is 24.3. The van der Waals surface area contributed by atoms with E-state index in [1.165, 1.54) is 6.26 Å². The Hall–Kier alpha value is -2.86. The van der Waals surface area contributed by atoms with Gasteiger partial charge in [-0.1, -0.05) is 40.2 Å². The van der Waals surface area contributed by atoms with Gasteiger partial charge in [0.1, 0.15) is 0 Å².